The SMILES string of the molecule is NCC(Nc1ccc(Cl)c2cccnc12)C(=O)O. The molecule has 0 fully saturated rings. The van der Waals surface area contributed by atoms with E-state index in [1.165, 1.54) is 0 Å². The van der Waals surface area contributed by atoms with E-state index in [0.29, 0.717) is 16.2 Å². The summed E-state index contributed by atoms with van der Waals surface area (Å²) in [5.74, 6) is -1.00. The topological polar surface area (TPSA) is 88.2 Å². The summed E-state index contributed by atoms with van der Waals surface area (Å²) in [7, 11) is 0. The zero-order valence-electron chi connectivity index (χ0n) is 9.43. The summed E-state index contributed by atoms with van der Waals surface area (Å²) in [5, 5.41) is 13.2. The van der Waals surface area contributed by atoms with Crippen molar-refractivity contribution in [3.63, 3.8) is 0 Å². The largest absolute Gasteiger partial charge is 0.480 e. The molecule has 0 spiro atoms. The summed E-state index contributed by atoms with van der Waals surface area (Å²) in [6.45, 7) is -0.00765. The van der Waals surface area contributed by atoms with E-state index in [-0.39, 0.29) is 6.54 Å². The molecule has 2 rings (SSSR count). The van der Waals surface area contributed by atoms with E-state index in [9.17, 15) is 4.79 Å². The van der Waals surface area contributed by atoms with Gasteiger partial charge in [-0.05, 0) is 24.3 Å². The molecule has 6 heteroatoms. The Morgan fingerprint density at radius 2 is 2.28 bits per heavy atom. The molecule has 0 amide bonds. The minimum absolute atomic E-state index is 0.00765. The zero-order chi connectivity index (χ0) is 13.1. The lowest BCUT2D eigenvalue weighted by molar-refractivity contribution is -0.137. The highest BCUT2D eigenvalue weighted by molar-refractivity contribution is 6.35. The van der Waals surface area contributed by atoms with Gasteiger partial charge in [0.15, 0.2) is 0 Å². The molecule has 94 valence electrons. The minimum atomic E-state index is -1.00. The Bertz CT molecular complexity index is 589. The third-order valence-corrected chi connectivity index (χ3v) is 2.91. The molecule has 0 aliphatic carbocycles. The number of anilines is 1. The molecule has 18 heavy (non-hydrogen) atoms. The number of carbonyl (C=O) groups is 1. The molecular formula is C12H12ClN3O2. The second-order valence-corrected chi connectivity index (χ2v) is 4.17. The monoisotopic (exact) mass is 265 g/mol. The highest BCUT2D eigenvalue weighted by Crippen LogP contribution is 2.28. The van der Waals surface area contributed by atoms with Crippen LogP contribution in [0.25, 0.3) is 10.9 Å². The van der Waals surface area contributed by atoms with Crippen molar-refractivity contribution in [2.45, 2.75) is 6.04 Å². The number of aliphatic carboxylic acids is 1. The Labute approximate surface area is 109 Å². The van der Waals surface area contributed by atoms with Crippen molar-refractivity contribution in [3.05, 3.63) is 35.5 Å². The fraction of sp³-hybridized carbons (Fsp3) is 0.167. The maximum atomic E-state index is 10.9. The number of halogens is 1. The van der Waals surface area contributed by atoms with Crippen molar-refractivity contribution in [1.82, 2.24) is 4.98 Å². The molecule has 5 nitrogen and oxygen atoms in total. The molecule has 1 heterocycles. The maximum absolute atomic E-state index is 10.9. The quantitative estimate of drug-likeness (QED) is 0.783. The van der Waals surface area contributed by atoms with Crippen LogP contribution in [0.2, 0.25) is 5.02 Å². The van der Waals surface area contributed by atoms with Gasteiger partial charge < -0.3 is 16.2 Å². The summed E-state index contributed by atoms with van der Waals surface area (Å²) < 4.78 is 0. The minimum Gasteiger partial charge on any atom is -0.480 e. The average molecular weight is 266 g/mol. The van der Waals surface area contributed by atoms with E-state index >= 15 is 0 Å². The van der Waals surface area contributed by atoms with Gasteiger partial charge in [-0.3, -0.25) is 4.98 Å². The van der Waals surface area contributed by atoms with E-state index in [4.69, 9.17) is 22.4 Å². The number of hydrogen-bond donors (Lipinski definition) is 3. The molecule has 0 aliphatic rings. The molecule has 0 bridgehead atoms. The Balaban J connectivity index is 2.45. The number of benzene rings is 1. The van der Waals surface area contributed by atoms with Crippen LogP contribution in [-0.4, -0.2) is 28.6 Å². The Kier molecular flexibility index (Phi) is 3.64. The zero-order valence-corrected chi connectivity index (χ0v) is 10.2. The summed E-state index contributed by atoms with van der Waals surface area (Å²) in [6.07, 6.45) is 1.63. The number of pyridine rings is 1. The van der Waals surface area contributed by atoms with Crippen molar-refractivity contribution < 1.29 is 9.90 Å². The van der Waals surface area contributed by atoms with Gasteiger partial charge in [0.2, 0.25) is 0 Å². The van der Waals surface area contributed by atoms with Crippen LogP contribution >= 0.6 is 11.6 Å². The van der Waals surface area contributed by atoms with Gasteiger partial charge in [0.1, 0.15) is 6.04 Å². The van der Waals surface area contributed by atoms with E-state index < -0.39 is 12.0 Å². The second kappa shape index (κ2) is 5.20. The third kappa shape index (κ3) is 2.37. The Morgan fingerprint density at radius 3 is 2.94 bits per heavy atom. The number of nitrogens with one attached hydrogen (secondary N) is 1. The number of rotatable bonds is 4. The molecule has 0 radical (unpaired) electrons. The predicted molar refractivity (Wildman–Crippen MR) is 70.9 cm³/mol. The van der Waals surface area contributed by atoms with E-state index in [1.807, 2.05) is 6.07 Å². The summed E-state index contributed by atoms with van der Waals surface area (Å²) in [5.41, 5.74) is 6.64. The van der Waals surface area contributed by atoms with Crippen molar-refractivity contribution in [1.29, 1.82) is 0 Å². The van der Waals surface area contributed by atoms with Gasteiger partial charge in [-0.1, -0.05) is 11.6 Å². The van der Waals surface area contributed by atoms with Crippen LogP contribution in [-0.2, 0) is 4.79 Å². The van der Waals surface area contributed by atoms with Crippen molar-refractivity contribution in [2.75, 3.05) is 11.9 Å². The van der Waals surface area contributed by atoms with Gasteiger partial charge in [-0.25, -0.2) is 4.79 Å². The summed E-state index contributed by atoms with van der Waals surface area (Å²) >= 11 is 6.05. The fourth-order valence-corrected chi connectivity index (χ4v) is 1.88. The van der Waals surface area contributed by atoms with Crippen LogP contribution in [0.15, 0.2) is 30.5 Å². The maximum Gasteiger partial charge on any atom is 0.327 e. The van der Waals surface area contributed by atoms with Gasteiger partial charge in [0.25, 0.3) is 0 Å². The van der Waals surface area contributed by atoms with Crippen molar-refractivity contribution in [2.24, 2.45) is 5.73 Å². The van der Waals surface area contributed by atoms with Crippen LogP contribution in [0.3, 0.4) is 0 Å². The molecule has 2 aromatic rings. The Morgan fingerprint density at radius 1 is 1.50 bits per heavy atom. The lowest BCUT2D eigenvalue weighted by Gasteiger charge is -2.15. The lowest BCUT2D eigenvalue weighted by atomic mass is 10.1. The van der Waals surface area contributed by atoms with Crippen LogP contribution in [0.1, 0.15) is 0 Å². The number of nitrogens with zero attached hydrogens (tertiary/aromatic N) is 1. The van der Waals surface area contributed by atoms with E-state index in [0.717, 1.165) is 5.39 Å². The second-order valence-electron chi connectivity index (χ2n) is 3.77. The van der Waals surface area contributed by atoms with Gasteiger partial charge >= 0.3 is 5.97 Å². The molecular weight excluding hydrogens is 254 g/mol. The van der Waals surface area contributed by atoms with Gasteiger partial charge in [0, 0.05) is 18.1 Å². The first-order chi connectivity index (χ1) is 8.63. The molecule has 1 unspecified atom stereocenters. The van der Waals surface area contributed by atoms with Gasteiger partial charge in [-0.2, -0.15) is 0 Å². The predicted octanol–water partition coefficient (Wildman–Crippen LogP) is 1.71. The van der Waals surface area contributed by atoms with E-state index in [1.54, 1.807) is 24.4 Å². The lowest BCUT2D eigenvalue weighted by Crippen LogP contribution is -2.36. The molecule has 0 saturated carbocycles. The third-order valence-electron chi connectivity index (χ3n) is 2.58. The summed E-state index contributed by atoms with van der Waals surface area (Å²) in [4.78, 5) is 15.2. The van der Waals surface area contributed by atoms with Crippen LogP contribution in [0.5, 0.6) is 0 Å². The molecule has 1 atom stereocenters. The average Bonchev–Trinajstić information content (AvgIpc) is 2.38. The normalized spacial score (nSPS) is 12.3. The molecule has 1 aromatic heterocycles. The van der Waals surface area contributed by atoms with Crippen molar-refractivity contribution in [3.8, 4) is 0 Å². The van der Waals surface area contributed by atoms with Crippen LogP contribution in [0.4, 0.5) is 5.69 Å². The van der Waals surface area contributed by atoms with E-state index in [2.05, 4.69) is 10.3 Å². The first-order valence-corrected chi connectivity index (χ1v) is 5.74. The molecule has 1 aromatic carbocycles. The Hall–Kier alpha value is -1.85. The standard InChI is InChI=1S/C12H12ClN3O2/c13-8-3-4-9(16-10(6-14)12(17)18)11-7(8)2-1-5-15-11/h1-5,10,16H,6,14H2,(H,17,18). The number of nitrogens with two attached hydrogens (primary N) is 1. The van der Waals surface area contributed by atoms with Gasteiger partial charge in [0.05, 0.1) is 16.2 Å². The van der Waals surface area contributed by atoms with Crippen LogP contribution in [0, 0.1) is 0 Å². The fourth-order valence-electron chi connectivity index (χ4n) is 1.66. The first-order valence-electron chi connectivity index (χ1n) is 5.36. The number of carboxylic acid groups (broad SMARTS) is 1. The molecule has 0 saturated heterocycles. The highest BCUT2D eigenvalue weighted by atomic mass is 35.5. The molecule has 0 aliphatic heterocycles. The number of aromatic nitrogens is 1. The van der Waals surface area contributed by atoms with Crippen molar-refractivity contribution >= 4 is 34.2 Å². The van der Waals surface area contributed by atoms with Crippen LogP contribution < -0.4 is 11.1 Å². The smallest absolute Gasteiger partial charge is 0.327 e. The summed E-state index contributed by atoms with van der Waals surface area (Å²) in [6, 6.07) is 6.15. The first kappa shape index (κ1) is 12.6. The number of hydrogen-bond acceptors (Lipinski definition) is 4. The number of fused-ring (bicyclic) bond motifs is 1. The highest BCUT2D eigenvalue weighted by Gasteiger charge is 2.16. The number of carboxylic acids is 1. The molecule has 4 N–H and O–H groups in total. The van der Waals surface area contributed by atoms with Gasteiger partial charge in [-0.15, -0.1) is 0 Å².